The third kappa shape index (κ3) is 2.49. The fourth-order valence-corrected chi connectivity index (χ4v) is 4.07. The molecule has 1 fully saturated rings. The third-order valence-corrected chi connectivity index (χ3v) is 6.00. The highest BCUT2D eigenvalue weighted by Crippen LogP contribution is 2.51. The van der Waals surface area contributed by atoms with Crippen molar-refractivity contribution in [2.45, 2.75) is 51.4 Å². The minimum absolute atomic E-state index is 0.560. The van der Waals surface area contributed by atoms with Crippen LogP contribution >= 0.6 is 15.9 Å². The number of halogens is 1. The van der Waals surface area contributed by atoms with E-state index in [1.807, 2.05) is 13.8 Å². The quantitative estimate of drug-likeness (QED) is 0.854. The number of benzene rings is 1. The van der Waals surface area contributed by atoms with Crippen LogP contribution in [0.1, 0.15) is 48.8 Å². The number of carbonyl (C=O) groups is 1. The van der Waals surface area contributed by atoms with Crippen molar-refractivity contribution in [1.29, 1.82) is 0 Å². The van der Waals surface area contributed by atoms with Crippen molar-refractivity contribution in [3.05, 3.63) is 21.2 Å². The minimum atomic E-state index is -0.892. The molecule has 0 radical (unpaired) electrons. The first kappa shape index (κ1) is 17.1. The molecule has 1 aromatic carbocycles. The van der Waals surface area contributed by atoms with Gasteiger partial charge >= 0.3 is 5.97 Å². The van der Waals surface area contributed by atoms with Gasteiger partial charge in [-0.3, -0.25) is 4.79 Å². The van der Waals surface area contributed by atoms with Gasteiger partial charge < -0.3 is 14.6 Å². The molecule has 0 aliphatic heterocycles. The van der Waals surface area contributed by atoms with Crippen LogP contribution in [-0.2, 0) is 10.2 Å². The van der Waals surface area contributed by atoms with Crippen molar-refractivity contribution >= 4 is 21.9 Å². The highest BCUT2D eigenvalue weighted by molar-refractivity contribution is 9.10. The van der Waals surface area contributed by atoms with Crippen molar-refractivity contribution in [2.75, 3.05) is 14.2 Å². The van der Waals surface area contributed by atoms with Crippen LogP contribution in [-0.4, -0.2) is 25.3 Å². The zero-order chi connectivity index (χ0) is 16.5. The molecule has 0 saturated heterocycles. The van der Waals surface area contributed by atoms with Crippen LogP contribution < -0.4 is 9.47 Å². The molecular weight excluding hydrogens is 348 g/mol. The van der Waals surface area contributed by atoms with Crippen LogP contribution in [0.15, 0.2) is 4.47 Å². The van der Waals surface area contributed by atoms with Crippen molar-refractivity contribution in [3.63, 3.8) is 0 Å². The van der Waals surface area contributed by atoms with Gasteiger partial charge in [0.25, 0.3) is 0 Å². The van der Waals surface area contributed by atoms with E-state index >= 15 is 0 Å². The Morgan fingerprint density at radius 1 is 1.05 bits per heavy atom. The van der Waals surface area contributed by atoms with E-state index in [0.29, 0.717) is 24.3 Å². The van der Waals surface area contributed by atoms with Gasteiger partial charge in [-0.05, 0) is 32.3 Å². The molecule has 0 amide bonds. The average molecular weight is 371 g/mol. The van der Waals surface area contributed by atoms with Crippen LogP contribution in [0.5, 0.6) is 11.5 Å². The molecule has 0 spiro atoms. The van der Waals surface area contributed by atoms with Crippen molar-refractivity contribution in [1.82, 2.24) is 0 Å². The monoisotopic (exact) mass is 370 g/mol. The topological polar surface area (TPSA) is 55.8 Å². The van der Waals surface area contributed by atoms with Gasteiger partial charge in [0.15, 0.2) is 11.5 Å². The second-order valence-corrected chi connectivity index (χ2v) is 6.75. The Hall–Kier alpha value is -1.23. The minimum Gasteiger partial charge on any atom is -0.493 e. The lowest BCUT2D eigenvalue weighted by Crippen LogP contribution is -2.39. The Bertz CT molecular complexity index is 589. The molecule has 1 aliphatic carbocycles. The molecule has 2 rings (SSSR count). The van der Waals surface area contributed by atoms with Crippen LogP contribution in [0.25, 0.3) is 0 Å². The maximum absolute atomic E-state index is 12.2. The zero-order valence-corrected chi connectivity index (χ0v) is 15.2. The second-order valence-electron chi connectivity index (χ2n) is 5.95. The molecule has 1 saturated carbocycles. The molecule has 0 heterocycles. The fourth-order valence-electron chi connectivity index (χ4n) is 3.69. The van der Waals surface area contributed by atoms with Crippen molar-refractivity contribution < 1.29 is 19.4 Å². The Balaban J connectivity index is 2.82. The van der Waals surface area contributed by atoms with Crippen LogP contribution in [0.3, 0.4) is 0 Å². The lowest BCUT2D eigenvalue weighted by molar-refractivity contribution is -0.145. The van der Waals surface area contributed by atoms with Gasteiger partial charge in [-0.1, -0.05) is 35.2 Å². The van der Waals surface area contributed by atoms with E-state index in [-0.39, 0.29) is 0 Å². The predicted molar refractivity (Wildman–Crippen MR) is 89.1 cm³/mol. The SMILES string of the molecule is COc1c(C)c(Br)c(C)c(C2(C(=O)O)CCCCC2)c1OC. The largest absolute Gasteiger partial charge is 0.493 e. The zero-order valence-electron chi connectivity index (χ0n) is 13.6. The van der Waals surface area contributed by atoms with Gasteiger partial charge in [0, 0.05) is 15.6 Å². The summed E-state index contributed by atoms with van der Waals surface area (Å²) in [5, 5.41) is 10.00. The number of carboxylic acids is 1. The molecule has 1 aromatic rings. The molecule has 0 aromatic heterocycles. The normalized spacial score (nSPS) is 17.1. The Kier molecular flexibility index (Phi) is 5.05. The summed E-state index contributed by atoms with van der Waals surface area (Å²) in [7, 11) is 3.16. The average Bonchev–Trinajstić information content (AvgIpc) is 2.52. The summed E-state index contributed by atoms with van der Waals surface area (Å²) in [6, 6.07) is 0. The predicted octanol–water partition coefficient (Wildman–Crippen LogP) is 4.37. The first-order valence-electron chi connectivity index (χ1n) is 7.55. The Labute approximate surface area is 139 Å². The van der Waals surface area contributed by atoms with Crippen molar-refractivity contribution in [2.24, 2.45) is 0 Å². The van der Waals surface area contributed by atoms with E-state index < -0.39 is 11.4 Å². The molecule has 122 valence electrons. The van der Waals surface area contributed by atoms with Crippen LogP contribution in [0.4, 0.5) is 0 Å². The molecule has 0 unspecified atom stereocenters. The number of rotatable bonds is 4. The van der Waals surface area contributed by atoms with Crippen LogP contribution in [0.2, 0.25) is 0 Å². The van der Waals surface area contributed by atoms with E-state index in [4.69, 9.17) is 9.47 Å². The molecule has 0 atom stereocenters. The number of hydrogen-bond acceptors (Lipinski definition) is 3. The number of hydrogen-bond donors (Lipinski definition) is 1. The molecule has 4 nitrogen and oxygen atoms in total. The maximum atomic E-state index is 12.2. The molecule has 22 heavy (non-hydrogen) atoms. The van der Waals surface area contributed by atoms with Gasteiger partial charge in [-0.2, -0.15) is 0 Å². The molecule has 1 N–H and O–H groups in total. The fraction of sp³-hybridized carbons (Fsp3) is 0.588. The lowest BCUT2D eigenvalue weighted by Gasteiger charge is -2.36. The summed E-state index contributed by atoms with van der Waals surface area (Å²) in [5.41, 5.74) is 1.73. The third-order valence-electron chi connectivity index (χ3n) is 4.81. The van der Waals surface area contributed by atoms with E-state index in [9.17, 15) is 9.90 Å². The summed E-state index contributed by atoms with van der Waals surface area (Å²) in [6.07, 6.45) is 4.20. The highest BCUT2D eigenvalue weighted by atomic mass is 79.9. The number of carboxylic acid groups (broad SMARTS) is 1. The lowest BCUT2D eigenvalue weighted by atomic mass is 9.67. The van der Waals surface area contributed by atoms with E-state index in [2.05, 4.69) is 15.9 Å². The van der Waals surface area contributed by atoms with Gasteiger partial charge in [-0.15, -0.1) is 0 Å². The second kappa shape index (κ2) is 6.49. The first-order valence-corrected chi connectivity index (χ1v) is 8.34. The van der Waals surface area contributed by atoms with Crippen molar-refractivity contribution in [3.8, 4) is 11.5 Å². The maximum Gasteiger partial charge on any atom is 0.314 e. The van der Waals surface area contributed by atoms with Crippen LogP contribution in [0, 0.1) is 13.8 Å². The molecule has 0 bridgehead atoms. The number of methoxy groups -OCH3 is 2. The van der Waals surface area contributed by atoms with Gasteiger partial charge in [0.1, 0.15) is 0 Å². The van der Waals surface area contributed by atoms with E-state index in [0.717, 1.165) is 40.4 Å². The smallest absolute Gasteiger partial charge is 0.314 e. The summed E-state index contributed by atoms with van der Waals surface area (Å²) < 4.78 is 12.0. The summed E-state index contributed by atoms with van der Waals surface area (Å²) >= 11 is 3.60. The molecule has 5 heteroatoms. The summed E-state index contributed by atoms with van der Waals surface area (Å²) in [5.74, 6) is 0.401. The molecular formula is C17H23BrO4. The van der Waals surface area contributed by atoms with Gasteiger partial charge in [-0.25, -0.2) is 0 Å². The number of aliphatic carboxylic acids is 1. The first-order chi connectivity index (χ1) is 10.4. The molecule has 1 aliphatic rings. The Morgan fingerprint density at radius 3 is 2.05 bits per heavy atom. The Morgan fingerprint density at radius 2 is 1.59 bits per heavy atom. The summed E-state index contributed by atoms with van der Waals surface area (Å²) in [6.45, 7) is 3.89. The van der Waals surface area contributed by atoms with E-state index in [1.165, 1.54) is 0 Å². The summed E-state index contributed by atoms with van der Waals surface area (Å²) in [4.78, 5) is 12.2. The van der Waals surface area contributed by atoms with E-state index in [1.54, 1.807) is 14.2 Å². The number of ether oxygens (including phenoxy) is 2. The van der Waals surface area contributed by atoms with Gasteiger partial charge in [0.2, 0.25) is 0 Å². The highest BCUT2D eigenvalue weighted by Gasteiger charge is 2.45. The van der Waals surface area contributed by atoms with Gasteiger partial charge in [0.05, 0.1) is 19.6 Å². The standard InChI is InChI=1S/C17H23BrO4/c1-10-12(17(16(19)20)8-6-5-7-9-17)15(22-4)14(21-3)11(2)13(10)18/h5-9H2,1-4H3,(H,19,20).